The number of hydrogen-bond acceptors (Lipinski definition) is 5. The fraction of sp³-hybridized carbons (Fsp3) is 0.265. The Labute approximate surface area is 331 Å². The van der Waals surface area contributed by atoms with Crippen LogP contribution in [0.4, 0.5) is 18.9 Å². The SMILES string of the molecule is COc1ccc(C2(c3ccc(OC)cc3)C=Cc3c4c(c5cc(N6CCCCC6)c(OC)cc5c3O2)-c2ccc(-c3ccccc3C(F)(F)F)cc2C4(C)C)cc1. The third-order valence-electron chi connectivity index (χ3n) is 12.2. The average Bonchev–Trinajstić information content (AvgIpc) is 3.48. The second-order valence-corrected chi connectivity index (χ2v) is 15.7. The Morgan fingerprint density at radius 3 is 1.95 bits per heavy atom. The Balaban J connectivity index is 1.33. The van der Waals surface area contributed by atoms with E-state index in [-0.39, 0.29) is 5.56 Å². The zero-order valence-electron chi connectivity index (χ0n) is 32.7. The number of hydrogen-bond donors (Lipinski definition) is 0. The van der Waals surface area contributed by atoms with Crippen LogP contribution in [0.25, 0.3) is 39.1 Å². The molecule has 57 heavy (non-hydrogen) atoms. The van der Waals surface area contributed by atoms with Gasteiger partial charge in [0.1, 0.15) is 23.0 Å². The summed E-state index contributed by atoms with van der Waals surface area (Å²) < 4.78 is 67.8. The largest absolute Gasteiger partial charge is 0.497 e. The molecule has 9 rings (SSSR count). The van der Waals surface area contributed by atoms with E-state index in [0.29, 0.717) is 11.3 Å². The summed E-state index contributed by atoms with van der Waals surface area (Å²) in [6.45, 7) is 6.19. The van der Waals surface area contributed by atoms with E-state index >= 15 is 0 Å². The predicted molar refractivity (Wildman–Crippen MR) is 221 cm³/mol. The maximum Gasteiger partial charge on any atom is 0.417 e. The number of nitrogens with zero attached hydrogens (tertiary/aromatic N) is 1. The normalized spacial score (nSPS) is 16.4. The van der Waals surface area contributed by atoms with E-state index in [4.69, 9.17) is 18.9 Å². The van der Waals surface area contributed by atoms with Gasteiger partial charge in [0.2, 0.25) is 0 Å². The number of halogens is 3. The number of benzene rings is 6. The van der Waals surface area contributed by atoms with Crippen LogP contribution in [0, 0.1) is 0 Å². The fourth-order valence-corrected chi connectivity index (χ4v) is 9.35. The fourth-order valence-electron chi connectivity index (χ4n) is 9.35. The van der Waals surface area contributed by atoms with Crippen molar-refractivity contribution in [1.29, 1.82) is 0 Å². The molecule has 0 aromatic heterocycles. The first kappa shape index (κ1) is 36.7. The summed E-state index contributed by atoms with van der Waals surface area (Å²) in [6, 6.07) is 31.9. The van der Waals surface area contributed by atoms with Crippen molar-refractivity contribution in [2.75, 3.05) is 39.3 Å². The molecule has 0 N–H and O–H groups in total. The first-order valence-electron chi connectivity index (χ1n) is 19.4. The molecular formula is C49H44F3NO4. The number of piperidine rings is 1. The van der Waals surface area contributed by atoms with E-state index in [0.717, 1.165) is 105 Å². The van der Waals surface area contributed by atoms with Crippen LogP contribution in [0.5, 0.6) is 23.0 Å². The maximum absolute atomic E-state index is 14.3. The minimum atomic E-state index is -4.49. The van der Waals surface area contributed by atoms with E-state index in [1.807, 2.05) is 66.7 Å². The molecule has 8 heteroatoms. The van der Waals surface area contributed by atoms with E-state index in [1.54, 1.807) is 33.5 Å². The van der Waals surface area contributed by atoms with Gasteiger partial charge in [0.25, 0.3) is 0 Å². The summed E-state index contributed by atoms with van der Waals surface area (Å²) in [5.41, 5.74) is 6.29. The lowest BCUT2D eigenvalue weighted by Gasteiger charge is -2.39. The lowest BCUT2D eigenvalue weighted by Crippen LogP contribution is -2.35. The molecule has 5 nitrogen and oxygen atoms in total. The Bertz CT molecular complexity index is 2500. The number of rotatable bonds is 7. The van der Waals surface area contributed by atoms with Crippen LogP contribution in [0.3, 0.4) is 0 Å². The molecule has 2 heterocycles. The van der Waals surface area contributed by atoms with Gasteiger partial charge in [-0.05, 0) is 113 Å². The summed E-state index contributed by atoms with van der Waals surface area (Å²) in [4.78, 5) is 2.41. The molecule has 6 aromatic carbocycles. The smallest absolute Gasteiger partial charge is 0.417 e. The van der Waals surface area contributed by atoms with Crippen LogP contribution in [0.2, 0.25) is 0 Å². The molecule has 0 bridgehead atoms. The van der Waals surface area contributed by atoms with E-state index < -0.39 is 22.8 Å². The molecule has 2 aliphatic heterocycles. The molecule has 0 saturated carbocycles. The molecule has 0 radical (unpaired) electrons. The van der Waals surface area contributed by atoms with Crippen LogP contribution < -0.4 is 23.8 Å². The van der Waals surface area contributed by atoms with Crippen molar-refractivity contribution >= 4 is 22.5 Å². The van der Waals surface area contributed by atoms with Crippen molar-refractivity contribution < 1.29 is 32.1 Å². The van der Waals surface area contributed by atoms with Crippen molar-refractivity contribution in [2.45, 2.75) is 50.3 Å². The molecule has 0 amide bonds. The highest BCUT2D eigenvalue weighted by atomic mass is 19.4. The Kier molecular flexibility index (Phi) is 8.79. The van der Waals surface area contributed by atoms with E-state index in [9.17, 15) is 13.2 Å². The quantitative estimate of drug-likeness (QED) is 0.162. The van der Waals surface area contributed by atoms with Gasteiger partial charge in [-0.25, -0.2) is 0 Å². The third kappa shape index (κ3) is 5.82. The average molecular weight is 768 g/mol. The summed E-state index contributed by atoms with van der Waals surface area (Å²) >= 11 is 0. The number of methoxy groups -OCH3 is 3. The first-order chi connectivity index (χ1) is 27.5. The first-order valence-corrected chi connectivity index (χ1v) is 19.4. The van der Waals surface area contributed by atoms with Gasteiger partial charge in [0.15, 0.2) is 5.60 Å². The van der Waals surface area contributed by atoms with Gasteiger partial charge in [-0.1, -0.05) is 74.5 Å². The highest BCUT2D eigenvalue weighted by Crippen LogP contribution is 2.60. The van der Waals surface area contributed by atoms with Crippen molar-refractivity contribution in [3.05, 3.63) is 143 Å². The van der Waals surface area contributed by atoms with Crippen LogP contribution in [0.1, 0.15) is 66.5 Å². The zero-order valence-corrected chi connectivity index (χ0v) is 32.7. The van der Waals surface area contributed by atoms with Gasteiger partial charge < -0.3 is 23.8 Å². The monoisotopic (exact) mass is 767 g/mol. The Morgan fingerprint density at radius 1 is 0.684 bits per heavy atom. The van der Waals surface area contributed by atoms with Crippen molar-refractivity contribution in [1.82, 2.24) is 0 Å². The van der Waals surface area contributed by atoms with E-state index in [2.05, 4.69) is 43.0 Å². The molecule has 6 aromatic rings. The van der Waals surface area contributed by atoms with Gasteiger partial charge in [-0.15, -0.1) is 0 Å². The number of alkyl halides is 3. The molecule has 290 valence electrons. The molecule has 1 aliphatic carbocycles. The second-order valence-electron chi connectivity index (χ2n) is 15.7. The van der Waals surface area contributed by atoms with Gasteiger partial charge in [-0.3, -0.25) is 0 Å². The van der Waals surface area contributed by atoms with Crippen molar-refractivity contribution in [2.24, 2.45) is 0 Å². The maximum atomic E-state index is 14.3. The minimum absolute atomic E-state index is 0.163. The molecule has 1 fully saturated rings. The zero-order chi connectivity index (χ0) is 39.7. The molecule has 0 spiro atoms. The Morgan fingerprint density at radius 2 is 1.33 bits per heavy atom. The van der Waals surface area contributed by atoms with E-state index in [1.165, 1.54) is 12.5 Å². The molecule has 0 atom stereocenters. The second kappa shape index (κ2) is 13.6. The van der Waals surface area contributed by atoms with Crippen LogP contribution in [-0.2, 0) is 17.2 Å². The third-order valence-corrected chi connectivity index (χ3v) is 12.2. The lowest BCUT2D eigenvalue weighted by molar-refractivity contribution is -0.137. The standard InChI is InChI=1S/C49H44F3NO4/c1-47(2)41-27-30(35-11-7-8-12-40(35)49(50,51)52)13-22-36(41)44-38-28-42(53-25-9-6-10-26-53)43(56-5)29-39(38)46-37(45(44)47)23-24-48(57-46,31-14-18-33(54-3)19-15-31)32-16-20-34(55-4)21-17-32/h7-8,11-24,27-29H,6,9-10,25-26H2,1-5H3. The molecule has 3 aliphatic rings. The summed E-state index contributed by atoms with van der Waals surface area (Å²) in [6.07, 6.45) is 3.19. The summed E-state index contributed by atoms with van der Waals surface area (Å²) in [7, 11) is 5.02. The lowest BCUT2D eigenvalue weighted by atomic mass is 9.76. The van der Waals surface area contributed by atoms with Gasteiger partial charge in [0.05, 0.1) is 32.6 Å². The predicted octanol–water partition coefficient (Wildman–Crippen LogP) is 12.2. The van der Waals surface area contributed by atoms with Crippen LogP contribution >= 0.6 is 0 Å². The highest BCUT2D eigenvalue weighted by molar-refractivity contribution is 6.10. The highest BCUT2D eigenvalue weighted by Gasteiger charge is 2.45. The van der Waals surface area contributed by atoms with Crippen LogP contribution in [-0.4, -0.2) is 34.4 Å². The van der Waals surface area contributed by atoms with Gasteiger partial charge in [-0.2, -0.15) is 13.2 Å². The number of fused-ring (bicyclic) bond motifs is 8. The van der Waals surface area contributed by atoms with Crippen LogP contribution in [0.15, 0.2) is 109 Å². The molecule has 1 saturated heterocycles. The number of ether oxygens (including phenoxy) is 4. The van der Waals surface area contributed by atoms with Gasteiger partial charge >= 0.3 is 6.18 Å². The van der Waals surface area contributed by atoms with Crippen molar-refractivity contribution in [3.63, 3.8) is 0 Å². The minimum Gasteiger partial charge on any atom is -0.497 e. The summed E-state index contributed by atoms with van der Waals surface area (Å²) in [5, 5.41) is 1.90. The topological polar surface area (TPSA) is 40.2 Å². The number of anilines is 1. The van der Waals surface area contributed by atoms with Crippen molar-refractivity contribution in [3.8, 4) is 45.3 Å². The van der Waals surface area contributed by atoms with Gasteiger partial charge in [0, 0.05) is 40.6 Å². The molecule has 0 unspecified atom stereocenters. The summed E-state index contributed by atoms with van der Waals surface area (Å²) in [5.74, 6) is 2.95. The Hall–Kier alpha value is -5.89. The molecular weight excluding hydrogens is 724 g/mol.